The number of hydrogen-bond acceptors (Lipinski definition) is 6. The standard InChI is InChI=1S/C16H15N5O2S/c1-11-9-12(7-8-14(11)22)17-15(23)10-24-16-18-19-20-21(16)13-5-3-2-4-6-13/h2-9,22H,10H2,1H3,(H,17,23). The van der Waals surface area contributed by atoms with Gasteiger partial charge in [-0.1, -0.05) is 30.0 Å². The molecule has 0 aliphatic rings. The quantitative estimate of drug-likeness (QED) is 0.547. The van der Waals surface area contributed by atoms with E-state index in [1.165, 1.54) is 11.8 Å². The van der Waals surface area contributed by atoms with Crippen molar-refractivity contribution >= 4 is 23.4 Å². The van der Waals surface area contributed by atoms with E-state index in [9.17, 15) is 9.90 Å². The van der Waals surface area contributed by atoms with E-state index >= 15 is 0 Å². The van der Waals surface area contributed by atoms with Gasteiger partial charge < -0.3 is 10.4 Å². The Bertz CT molecular complexity index is 851. The van der Waals surface area contributed by atoms with Gasteiger partial charge in [-0.3, -0.25) is 4.79 Å². The minimum atomic E-state index is -0.173. The molecule has 2 N–H and O–H groups in total. The maximum absolute atomic E-state index is 12.1. The van der Waals surface area contributed by atoms with E-state index < -0.39 is 0 Å². The molecule has 122 valence electrons. The Balaban J connectivity index is 1.63. The number of nitrogens with zero attached hydrogens (tertiary/aromatic N) is 4. The van der Waals surface area contributed by atoms with Crippen LogP contribution in [0.5, 0.6) is 5.75 Å². The van der Waals surface area contributed by atoms with Crippen LogP contribution in [0.1, 0.15) is 5.56 Å². The van der Waals surface area contributed by atoms with E-state index in [2.05, 4.69) is 20.8 Å². The Morgan fingerprint density at radius 2 is 2.04 bits per heavy atom. The van der Waals surface area contributed by atoms with Gasteiger partial charge in [-0.05, 0) is 53.2 Å². The lowest BCUT2D eigenvalue weighted by atomic mass is 10.2. The molecule has 0 unspecified atom stereocenters. The Hall–Kier alpha value is -2.87. The number of rotatable bonds is 5. The highest BCUT2D eigenvalue weighted by Crippen LogP contribution is 2.21. The molecule has 0 spiro atoms. The summed E-state index contributed by atoms with van der Waals surface area (Å²) in [5, 5.41) is 24.4. The van der Waals surface area contributed by atoms with Gasteiger partial charge in [0.1, 0.15) is 5.75 Å². The normalized spacial score (nSPS) is 10.5. The third kappa shape index (κ3) is 3.72. The predicted octanol–water partition coefficient (Wildman–Crippen LogP) is 2.41. The number of hydrogen-bond donors (Lipinski definition) is 2. The largest absolute Gasteiger partial charge is 0.508 e. The van der Waals surface area contributed by atoms with Crippen LogP contribution in [-0.2, 0) is 4.79 Å². The predicted molar refractivity (Wildman–Crippen MR) is 91.4 cm³/mol. The van der Waals surface area contributed by atoms with Crippen LogP contribution in [0.25, 0.3) is 5.69 Å². The molecule has 1 aromatic heterocycles. The van der Waals surface area contributed by atoms with E-state index in [0.717, 1.165) is 5.69 Å². The number of benzene rings is 2. The van der Waals surface area contributed by atoms with E-state index in [-0.39, 0.29) is 17.4 Å². The van der Waals surface area contributed by atoms with Crippen molar-refractivity contribution in [1.29, 1.82) is 0 Å². The van der Waals surface area contributed by atoms with Gasteiger partial charge in [0.05, 0.1) is 11.4 Å². The number of phenolic OH excluding ortho intramolecular Hbond substituents is 1. The minimum Gasteiger partial charge on any atom is -0.508 e. The summed E-state index contributed by atoms with van der Waals surface area (Å²) >= 11 is 1.25. The first-order valence-corrected chi connectivity index (χ1v) is 8.18. The molecule has 1 amide bonds. The smallest absolute Gasteiger partial charge is 0.234 e. The monoisotopic (exact) mass is 341 g/mol. The van der Waals surface area contributed by atoms with Crippen molar-refractivity contribution in [1.82, 2.24) is 20.2 Å². The zero-order valence-electron chi connectivity index (χ0n) is 12.9. The maximum atomic E-state index is 12.1. The summed E-state index contributed by atoms with van der Waals surface area (Å²) in [7, 11) is 0. The van der Waals surface area contributed by atoms with Gasteiger partial charge >= 0.3 is 0 Å². The number of carbonyl (C=O) groups is 1. The van der Waals surface area contributed by atoms with E-state index in [1.54, 1.807) is 29.8 Å². The first-order chi connectivity index (χ1) is 11.6. The first-order valence-electron chi connectivity index (χ1n) is 7.19. The fourth-order valence-electron chi connectivity index (χ4n) is 2.06. The van der Waals surface area contributed by atoms with Crippen LogP contribution in [0.4, 0.5) is 5.69 Å². The van der Waals surface area contributed by atoms with E-state index in [1.807, 2.05) is 30.3 Å². The number of tetrazole rings is 1. The summed E-state index contributed by atoms with van der Waals surface area (Å²) in [6.45, 7) is 1.77. The summed E-state index contributed by atoms with van der Waals surface area (Å²) in [5.74, 6) is 0.199. The molecule has 3 rings (SSSR count). The van der Waals surface area contributed by atoms with Crippen LogP contribution < -0.4 is 5.32 Å². The van der Waals surface area contributed by atoms with Crippen molar-refractivity contribution in [2.75, 3.05) is 11.1 Å². The number of amides is 1. The number of thioether (sulfide) groups is 1. The molecule has 0 radical (unpaired) electrons. The summed E-state index contributed by atoms with van der Waals surface area (Å²) < 4.78 is 1.59. The Labute approximate surface area is 142 Å². The van der Waals surface area contributed by atoms with Crippen LogP contribution in [-0.4, -0.2) is 37.0 Å². The average Bonchev–Trinajstić information content (AvgIpc) is 3.06. The minimum absolute atomic E-state index is 0.173. The van der Waals surface area contributed by atoms with E-state index in [0.29, 0.717) is 16.4 Å². The average molecular weight is 341 g/mol. The van der Waals surface area contributed by atoms with Crippen molar-refractivity contribution in [2.24, 2.45) is 0 Å². The SMILES string of the molecule is Cc1cc(NC(=O)CSc2nnnn2-c2ccccc2)ccc1O. The second-order valence-corrected chi connectivity index (χ2v) is 5.99. The van der Waals surface area contributed by atoms with Crippen LogP contribution in [0.15, 0.2) is 53.7 Å². The molecule has 1 heterocycles. The molecule has 3 aromatic rings. The topological polar surface area (TPSA) is 92.9 Å². The molecule has 0 atom stereocenters. The fourth-order valence-corrected chi connectivity index (χ4v) is 2.75. The Morgan fingerprint density at radius 1 is 1.25 bits per heavy atom. The summed E-state index contributed by atoms with van der Waals surface area (Å²) in [6.07, 6.45) is 0. The number of phenols is 1. The molecular formula is C16H15N5O2S. The molecular weight excluding hydrogens is 326 g/mol. The van der Waals surface area contributed by atoms with Crippen LogP contribution in [0, 0.1) is 6.92 Å². The van der Waals surface area contributed by atoms with Gasteiger partial charge in [0.25, 0.3) is 0 Å². The van der Waals surface area contributed by atoms with Crippen molar-refractivity contribution in [3.05, 3.63) is 54.1 Å². The number of carbonyl (C=O) groups excluding carboxylic acids is 1. The zero-order valence-corrected chi connectivity index (χ0v) is 13.7. The fraction of sp³-hybridized carbons (Fsp3) is 0.125. The molecule has 24 heavy (non-hydrogen) atoms. The van der Waals surface area contributed by atoms with Gasteiger partial charge in [0, 0.05) is 5.69 Å². The number of aromatic hydroxyl groups is 1. The molecule has 0 aliphatic heterocycles. The van der Waals surface area contributed by atoms with Crippen molar-refractivity contribution in [2.45, 2.75) is 12.1 Å². The molecule has 0 aliphatic carbocycles. The lowest BCUT2D eigenvalue weighted by molar-refractivity contribution is -0.113. The van der Waals surface area contributed by atoms with Crippen LogP contribution in [0.3, 0.4) is 0 Å². The number of nitrogens with one attached hydrogen (secondary N) is 1. The third-order valence-electron chi connectivity index (χ3n) is 3.25. The van der Waals surface area contributed by atoms with Gasteiger partial charge in [0.2, 0.25) is 11.1 Å². The molecule has 7 nitrogen and oxygen atoms in total. The lowest BCUT2D eigenvalue weighted by Gasteiger charge is -2.07. The molecule has 2 aromatic carbocycles. The summed E-state index contributed by atoms with van der Waals surface area (Å²) in [4.78, 5) is 12.1. The van der Waals surface area contributed by atoms with Gasteiger partial charge in [-0.15, -0.1) is 5.10 Å². The summed E-state index contributed by atoms with van der Waals surface area (Å²) in [5.41, 5.74) is 2.17. The van der Waals surface area contributed by atoms with Crippen LogP contribution >= 0.6 is 11.8 Å². The van der Waals surface area contributed by atoms with Crippen molar-refractivity contribution < 1.29 is 9.90 Å². The summed E-state index contributed by atoms with van der Waals surface area (Å²) in [6, 6.07) is 14.4. The van der Waals surface area contributed by atoms with Crippen molar-refractivity contribution in [3.63, 3.8) is 0 Å². The molecule has 8 heteroatoms. The van der Waals surface area contributed by atoms with Crippen molar-refractivity contribution in [3.8, 4) is 11.4 Å². The van der Waals surface area contributed by atoms with Gasteiger partial charge in [0.15, 0.2) is 0 Å². The molecule has 0 saturated carbocycles. The zero-order chi connectivity index (χ0) is 16.9. The lowest BCUT2D eigenvalue weighted by Crippen LogP contribution is -2.14. The highest BCUT2D eigenvalue weighted by atomic mass is 32.2. The van der Waals surface area contributed by atoms with Gasteiger partial charge in [-0.2, -0.15) is 4.68 Å². The second kappa shape index (κ2) is 7.14. The molecule has 0 saturated heterocycles. The Kier molecular flexibility index (Phi) is 4.76. The molecule has 0 bridgehead atoms. The number of para-hydroxylation sites is 1. The highest BCUT2D eigenvalue weighted by molar-refractivity contribution is 7.99. The third-order valence-corrected chi connectivity index (χ3v) is 4.17. The van der Waals surface area contributed by atoms with E-state index in [4.69, 9.17) is 0 Å². The highest BCUT2D eigenvalue weighted by Gasteiger charge is 2.11. The maximum Gasteiger partial charge on any atom is 0.234 e. The number of aryl methyl sites for hydroxylation is 1. The number of aromatic nitrogens is 4. The number of anilines is 1. The molecule has 0 fully saturated rings. The van der Waals surface area contributed by atoms with Gasteiger partial charge in [-0.25, -0.2) is 0 Å². The Morgan fingerprint density at radius 3 is 2.79 bits per heavy atom. The second-order valence-electron chi connectivity index (χ2n) is 5.05. The van der Waals surface area contributed by atoms with Crippen LogP contribution in [0.2, 0.25) is 0 Å². The first kappa shape index (κ1) is 16.0.